The standard InChI is InChI=1S/C17H24N2O4.C10H18/c1-17(2,3)23-16(21)19-10-13(9-14(19)15(18)20)22-11-12-7-5-4-6-8-12;1-9(2)8-4-6-10(9,3)7-5-8/h4-8,13-14H,9-11H2,1-3H3,(H2,18,20);8H,4-7H2,1-3H3. The van der Waals surface area contributed by atoms with Crippen molar-refractivity contribution in [1.29, 1.82) is 0 Å². The molecule has 2 unspecified atom stereocenters. The summed E-state index contributed by atoms with van der Waals surface area (Å²) in [5.41, 5.74) is 7.20. The van der Waals surface area contributed by atoms with Crippen molar-refractivity contribution in [3.8, 4) is 0 Å². The fraction of sp³-hybridized carbons (Fsp3) is 0.704. The summed E-state index contributed by atoms with van der Waals surface area (Å²) in [6, 6.07) is 9.05. The van der Waals surface area contributed by atoms with E-state index in [1.807, 2.05) is 30.3 Å². The molecule has 1 aliphatic heterocycles. The number of rotatable bonds is 4. The van der Waals surface area contributed by atoms with Crippen molar-refractivity contribution in [2.75, 3.05) is 6.54 Å². The van der Waals surface area contributed by atoms with Crippen molar-refractivity contribution >= 4 is 12.0 Å². The number of hydrogen-bond acceptors (Lipinski definition) is 4. The quantitative estimate of drug-likeness (QED) is 0.665. The maximum atomic E-state index is 12.2. The van der Waals surface area contributed by atoms with Crippen LogP contribution in [0.5, 0.6) is 0 Å². The number of nitrogens with zero attached hydrogens (tertiary/aromatic N) is 1. The van der Waals surface area contributed by atoms with Crippen LogP contribution in [0.2, 0.25) is 0 Å². The molecule has 1 heterocycles. The topological polar surface area (TPSA) is 81.9 Å². The zero-order valence-electron chi connectivity index (χ0n) is 21.2. The van der Waals surface area contributed by atoms with Crippen LogP contribution in [-0.4, -0.2) is 41.2 Å². The molecule has 0 aromatic heterocycles. The highest BCUT2D eigenvalue weighted by Gasteiger charge is 2.55. The average molecular weight is 459 g/mol. The van der Waals surface area contributed by atoms with Crippen LogP contribution in [0, 0.1) is 16.7 Å². The Morgan fingerprint density at radius 1 is 1.09 bits per heavy atom. The van der Waals surface area contributed by atoms with E-state index in [0.29, 0.717) is 30.4 Å². The van der Waals surface area contributed by atoms with Crippen LogP contribution in [0.1, 0.15) is 79.2 Å². The van der Waals surface area contributed by atoms with Gasteiger partial charge in [0.1, 0.15) is 11.6 Å². The number of carbonyl (C=O) groups is 2. The smallest absolute Gasteiger partial charge is 0.411 e. The van der Waals surface area contributed by atoms with Gasteiger partial charge >= 0.3 is 6.09 Å². The molecular formula is C27H42N2O4. The van der Waals surface area contributed by atoms with Crippen LogP contribution in [0.15, 0.2) is 30.3 Å². The third kappa shape index (κ3) is 5.89. The second-order valence-electron chi connectivity index (χ2n) is 11.8. The van der Waals surface area contributed by atoms with E-state index in [2.05, 4.69) is 20.8 Å². The van der Waals surface area contributed by atoms with Gasteiger partial charge < -0.3 is 15.2 Å². The molecule has 1 aromatic carbocycles. The molecule has 2 N–H and O–H groups in total. The molecule has 3 aliphatic rings. The van der Waals surface area contributed by atoms with Crippen LogP contribution in [0.4, 0.5) is 4.79 Å². The van der Waals surface area contributed by atoms with Crippen molar-refractivity contribution in [3.05, 3.63) is 35.9 Å². The number of carbonyl (C=O) groups excluding carboxylic acids is 2. The Morgan fingerprint density at radius 2 is 1.70 bits per heavy atom. The molecule has 0 radical (unpaired) electrons. The summed E-state index contributed by atoms with van der Waals surface area (Å²) in [6.07, 6.45) is 5.61. The van der Waals surface area contributed by atoms with E-state index < -0.39 is 23.6 Å². The highest BCUT2D eigenvalue weighted by molar-refractivity contribution is 5.85. The van der Waals surface area contributed by atoms with Crippen LogP contribution in [0.3, 0.4) is 0 Å². The van der Waals surface area contributed by atoms with Gasteiger partial charge in [-0.1, -0.05) is 51.1 Å². The van der Waals surface area contributed by atoms with Crippen LogP contribution in [0.25, 0.3) is 0 Å². The molecule has 2 atom stereocenters. The Labute approximate surface area is 199 Å². The molecule has 1 saturated heterocycles. The van der Waals surface area contributed by atoms with Gasteiger partial charge in [0, 0.05) is 6.42 Å². The van der Waals surface area contributed by atoms with Crippen LogP contribution < -0.4 is 5.73 Å². The molecular weight excluding hydrogens is 416 g/mol. The number of ether oxygens (including phenoxy) is 2. The second kappa shape index (κ2) is 9.65. The zero-order chi connectivity index (χ0) is 24.4. The number of amides is 2. The summed E-state index contributed by atoms with van der Waals surface area (Å²) < 4.78 is 11.2. The minimum Gasteiger partial charge on any atom is -0.444 e. The van der Waals surface area contributed by atoms with Gasteiger partial charge in [0.2, 0.25) is 5.91 Å². The third-order valence-electron chi connectivity index (χ3n) is 8.21. The van der Waals surface area contributed by atoms with Crippen molar-refractivity contribution in [2.45, 2.75) is 98.0 Å². The lowest BCUT2D eigenvalue weighted by Gasteiger charge is -2.34. The molecule has 3 fully saturated rings. The maximum absolute atomic E-state index is 12.2. The minimum atomic E-state index is -0.689. The SMILES string of the molecule is CC(C)(C)OC(=O)N1CC(OCc2ccccc2)CC1C(N)=O.CC12CCC(CC1)C2(C)C. The highest BCUT2D eigenvalue weighted by atomic mass is 16.6. The first-order chi connectivity index (χ1) is 15.3. The van der Waals surface area contributed by atoms with Gasteiger partial charge in [0.05, 0.1) is 19.3 Å². The third-order valence-corrected chi connectivity index (χ3v) is 8.21. The molecule has 33 heavy (non-hydrogen) atoms. The fourth-order valence-electron chi connectivity index (χ4n) is 5.61. The highest BCUT2D eigenvalue weighted by Crippen LogP contribution is 2.65. The molecule has 184 valence electrons. The Balaban J connectivity index is 0.000000252. The van der Waals surface area contributed by atoms with E-state index in [4.69, 9.17) is 15.2 Å². The minimum absolute atomic E-state index is 0.236. The van der Waals surface area contributed by atoms with Gasteiger partial charge in [-0.3, -0.25) is 9.69 Å². The lowest BCUT2D eigenvalue weighted by Crippen LogP contribution is -2.45. The van der Waals surface area contributed by atoms with E-state index in [-0.39, 0.29) is 6.10 Å². The summed E-state index contributed by atoms with van der Waals surface area (Å²) in [4.78, 5) is 25.2. The molecule has 0 spiro atoms. The lowest BCUT2D eigenvalue weighted by molar-refractivity contribution is -0.122. The number of nitrogens with two attached hydrogens (primary N) is 1. The lowest BCUT2D eigenvalue weighted by atomic mass is 9.71. The average Bonchev–Trinajstić information content (AvgIpc) is 3.33. The fourth-order valence-corrected chi connectivity index (χ4v) is 5.61. The summed E-state index contributed by atoms with van der Waals surface area (Å²) in [5, 5.41) is 0. The zero-order valence-corrected chi connectivity index (χ0v) is 21.2. The normalized spacial score (nSPS) is 30.0. The molecule has 6 heteroatoms. The largest absolute Gasteiger partial charge is 0.444 e. The molecule has 1 aromatic rings. The molecule has 2 amide bonds. The number of fused-ring (bicyclic) bond motifs is 2. The van der Waals surface area contributed by atoms with Crippen LogP contribution in [-0.2, 0) is 20.9 Å². The molecule has 2 saturated carbocycles. The van der Waals surface area contributed by atoms with Crippen molar-refractivity contribution in [3.63, 3.8) is 0 Å². The van der Waals surface area contributed by atoms with Gasteiger partial charge in [-0.15, -0.1) is 0 Å². The first kappa shape index (κ1) is 25.5. The van der Waals surface area contributed by atoms with Gasteiger partial charge in [-0.25, -0.2) is 4.79 Å². The Kier molecular flexibility index (Phi) is 7.47. The number of likely N-dealkylation sites (tertiary alicyclic amines) is 1. The Bertz CT molecular complexity index is 820. The molecule has 2 bridgehead atoms. The number of benzene rings is 1. The summed E-state index contributed by atoms with van der Waals surface area (Å²) in [5.74, 6) is 0.513. The Hall–Kier alpha value is -2.08. The first-order valence-corrected chi connectivity index (χ1v) is 12.3. The second-order valence-corrected chi connectivity index (χ2v) is 11.8. The van der Waals surface area contributed by atoms with Crippen LogP contribution >= 0.6 is 0 Å². The predicted molar refractivity (Wildman–Crippen MR) is 129 cm³/mol. The molecule has 4 rings (SSSR count). The molecule has 6 nitrogen and oxygen atoms in total. The van der Waals surface area contributed by atoms with E-state index in [0.717, 1.165) is 11.5 Å². The van der Waals surface area contributed by atoms with E-state index in [9.17, 15) is 9.59 Å². The predicted octanol–water partition coefficient (Wildman–Crippen LogP) is 5.29. The first-order valence-electron chi connectivity index (χ1n) is 12.3. The van der Waals surface area contributed by atoms with Gasteiger partial charge in [0.15, 0.2) is 0 Å². The number of hydrogen-bond donors (Lipinski definition) is 1. The summed E-state index contributed by atoms with van der Waals surface area (Å²) in [7, 11) is 0. The van der Waals surface area contributed by atoms with E-state index in [1.54, 1.807) is 20.8 Å². The van der Waals surface area contributed by atoms with E-state index >= 15 is 0 Å². The van der Waals surface area contributed by atoms with Crippen molar-refractivity contribution in [1.82, 2.24) is 4.90 Å². The summed E-state index contributed by atoms with van der Waals surface area (Å²) in [6.45, 7) is 13.5. The molecule has 2 aliphatic carbocycles. The number of primary amides is 1. The van der Waals surface area contributed by atoms with Gasteiger partial charge in [0.25, 0.3) is 0 Å². The van der Waals surface area contributed by atoms with Gasteiger partial charge in [-0.2, -0.15) is 0 Å². The monoisotopic (exact) mass is 458 g/mol. The van der Waals surface area contributed by atoms with Crippen molar-refractivity contribution < 1.29 is 19.1 Å². The maximum Gasteiger partial charge on any atom is 0.411 e. The summed E-state index contributed by atoms with van der Waals surface area (Å²) >= 11 is 0. The van der Waals surface area contributed by atoms with Crippen molar-refractivity contribution in [2.24, 2.45) is 22.5 Å². The van der Waals surface area contributed by atoms with Gasteiger partial charge in [-0.05, 0) is 68.8 Å². The Morgan fingerprint density at radius 3 is 2.12 bits per heavy atom. The van der Waals surface area contributed by atoms with E-state index in [1.165, 1.54) is 30.6 Å².